The van der Waals surface area contributed by atoms with Crippen LogP contribution in [0.15, 0.2) is 58.6 Å². The van der Waals surface area contributed by atoms with Crippen LogP contribution in [0.5, 0.6) is 5.75 Å². The Hall–Kier alpha value is -2.68. The number of benzene rings is 2. The van der Waals surface area contributed by atoms with Gasteiger partial charge in [0.05, 0.1) is 38.5 Å². The van der Waals surface area contributed by atoms with E-state index < -0.39 is 17.7 Å². The lowest BCUT2D eigenvalue weighted by molar-refractivity contribution is -0.140. The van der Waals surface area contributed by atoms with Crippen molar-refractivity contribution in [2.24, 2.45) is 0 Å². The number of hydrogen-bond acceptors (Lipinski definition) is 6. The lowest BCUT2D eigenvalue weighted by Crippen LogP contribution is -2.33. The summed E-state index contributed by atoms with van der Waals surface area (Å²) in [7, 11) is 1.53. The van der Waals surface area contributed by atoms with E-state index in [2.05, 4.69) is 15.9 Å². The summed E-state index contributed by atoms with van der Waals surface area (Å²) in [6.07, 6.45) is 0. The van der Waals surface area contributed by atoms with E-state index >= 15 is 0 Å². The monoisotopic (exact) mass is 475 g/mol. The van der Waals surface area contributed by atoms with Crippen molar-refractivity contribution >= 4 is 33.4 Å². The van der Waals surface area contributed by atoms with Crippen LogP contribution in [-0.2, 0) is 14.3 Å². The Balaban J connectivity index is 2.08. The number of likely N-dealkylation sites (tertiary alicyclic amines) is 1. The summed E-state index contributed by atoms with van der Waals surface area (Å²) in [6.45, 7) is 0.268. The van der Waals surface area contributed by atoms with Gasteiger partial charge in [0, 0.05) is 16.6 Å². The minimum Gasteiger partial charge on any atom is -0.507 e. The van der Waals surface area contributed by atoms with Crippen molar-refractivity contribution < 1.29 is 29.3 Å². The molecule has 2 aromatic carbocycles. The molecule has 0 spiro atoms. The van der Waals surface area contributed by atoms with Gasteiger partial charge in [-0.15, -0.1) is 0 Å². The lowest BCUT2D eigenvalue weighted by Gasteiger charge is -2.25. The number of Topliss-reactive ketones (excluding diaryl/α,β-unsaturated/α-hetero) is 1. The van der Waals surface area contributed by atoms with Gasteiger partial charge < -0.3 is 24.6 Å². The molecule has 30 heavy (non-hydrogen) atoms. The standard InChI is InChI=1S/C22H22BrNO6/c1-29-17-4-2-3-15(13-17)19-18(20(26)14-5-7-16(23)8-6-14)21(27)22(28)24(19)9-11-30-12-10-25/h2-8,13,19,25-26H,9-12H2,1H3/b20-18+. The highest BCUT2D eigenvalue weighted by Gasteiger charge is 2.46. The third kappa shape index (κ3) is 4.56. The molecule has 7 nitrogen and oxygen atoms in total. The largest absolute Gasteiger partial charge is 0.507 e. The van der Waals surface area contributed by atoms with E-state index in [1.54, 1.807) is 48.5 Å². The number of methoxy groups -OCH3 is 1. The molecule has 8 heteroatoms. The van der Waals surface area contributed by atoms with Crippen molar-refractivity contribution in [3.05, 3.63) is 69.7 Å². The van der Waals surface area contributed by atoms with Gasteiger partial charge in [-0.25, -0.2) is 0 Å². The van der Waals surface area contributed by atoms with E-state index in [9.17, 15) is 14.7 Å². The molecule has 0 aliphatic carbocycles. The molecule has 0 bridgehead atoms. The molecule has 1 atom stereocenters. The van der Waals surface area contributed by atoms with Gasteiger partial charge in [-0.05, 0) is 29.8 Å². The Morgan fingerprint density at radius 3 is 2.53 bits per heavy atom. The van der Waals surface area contributed by atoms with E-state index in [0.717, 1.165) is 4.47 Å². The first-order chi connectivity index (χ1) is 14.5. The number of nitrogens with zero attached hydrogens (tertiary/aromatic N) is 1. The number of aliphatic hydroxyl groups is 2. The van der Waals surface area contributed by atoms with Gasteiger partial charge in [-0.1, -0.05) is 40.2 Å². The van der Waals surface area contributed by atoms with Crippen molar-refractivity contribution in [3.63, 3.8) is 0 Å². The summed E-state index contributed by atoms with van der Waals surface area (Å²) in [4.78, 5) is 27.1. The van der Waals surface area contributed by atoms with Crippen LogP contribution in [0.1, 0.15) is 17.2 Å². The Morgan fingerprint density at radius 2 is 1.87 bits per heavy atom. The van der Waals surface area contributed by atoms with Gasteiger partial charge in [0.2, 0.25) is 0 Å². The number of rotatable bonds is 8. The molecule has 158 valence electrons. The lowest BCUT2D eigenvalue weighted by atomic mass is 9.95. The van der Waals surface area contributed by atoms with E-state index in [0.29, 0.717) is 16.9 Å². The quantitative estimate of drug-likeness (QED) is 0.263. The van der Waals surface area contributed by atoms with Gasteiger partial charge in [0.15, 0.2) is 0 Å². The van der Waals surface area contributed by atoms with Crippen molar-refractivity contribution in [1.82, 2.24) is 4.90 Å². The predicted octanol–water partition coefficient (Wildman–Crippen LogP) is 2.89. The molecule has 2 aromatic rings. The van der Waals surface area contributed by atoms with Crippen molar-refractivity contribution in [2.75, 3.05) is 33.5 Å². The van der Waals surface area contributed by atoms with Crippen LogP contribution >= 0.6 is 15.9 Å². The zero-order valence-corrected chi connectivity index (χ0v) is 18.0. The van der Waals surface area contributed by atoms with Gasteiger partial charge in [-0.3, -0.25) is 9.59 Å². The minimum atomic E-state index is -0.790. The van der Waals surface area contributed by atoms with Gasteiger partial charge in [0.1, 0.15) is 11.5 Å². The summed E-state index contributed by atoms with van der Waals surface area (Å²) in [5.74, 6) is -1.15. The second-order valence-electron chi connectivity index (χ2n) is 6.61. The molecule has 3 rings (SSSR count). The predicted molar refractivity (Wildman–Crippen MR) is 114 cm³/mol. The molecule has 0 aromatic heterocycles. The molecular weight excluding hydrogens is 454 g/mol. The number of halogens is 1. The average Bonchev–Trinajstić information content (AvgIpc) is 3.01. The number of amides is 1. The Kier molecular flexibility index (Phi) is 7.25. The number of carbonyl (C=O) groups excluding carboxylic acids is 2. The van der Waals surface area contributed by atoms with Gasteiger partial charge in [0.25, 0.3) is 11.7 Å². The van der Waals surface area contributed by atoms with Gasteiger partial charge in [-0.2, -0.15) is 0 Å². The minimum absolute atomic E-state index is 0.0118. The SMILES string of the molecule is COc1cccc(C2/C(=C(\O)c3ccc(Br)cc3)C(=O)C(=O)N2CCOCCO)c1. The van der Waals surface area contributed by atoms with Crippen LogP contribution in [0.25, 0.3) is 5.76 Å². The van der Waals surface area contributed by atoms with E-state index in [1.165, 1.54) is 12.0 Å². The van der Waals surface area contributed by atoms with Crippen LogP contribution in [0.2, 0.25) is 0 Å². The smallest absolute Gasteiger partial charge is 0.295 e. The fraction of sp³-hybridized carbons (Fsp3) is 0.273. The maximum Gasteiger partial charge on any atom is 0.295 e. The molecule has 2 N–H and O–H groups in total. The number of aliphatic hydroxyl groups excluding tert-OH is 2. The zero-order valence-electron chi connectivity index (χ0n) is 16.4. The molecule has 0 saturated carbocycles. The number of carbonyl (C=O) groups is 2. The first-order valence-corrected chi connectivity index (χ1v) is 10.1. The number of hydrogen-bond donors (Lipinski definition) is 2. The third-order valence-corrected chi connectivity index (χ3v) is 5.31. The topological polar surface area (TPSA) is 96.3 Å². The Morgan fingerprint density at radius 1 is 1.13 bits per heavy atom. The van der Waals surface area contributed by atoms with E-state index in [4.69, 9.17) is 14.6 Å². The fourth-order valence-electron chi connectivity index (χ4n) is 3.36. The highest BCUT2D eigenvalue weighted by atomic mass is 79.9. The second kappa shape index (κ2) is 9.88. The highest BCUT2D eigenvalue weighted by molar-refractivity contribution is 9.10. The summed E-state index contributed by atoms with van der Waals surface area (Å²) < 4.78 is 11.4. The van der Waals surface area contributed by atoms with Crippen LogP contribution < -0.4 is 4.74 Å². The molecule has 1 fully saturated rings. The maximum atomic E-state index is 12.9. The maximum absolute atomic E-state index is 12.9. The normalized spacial score (nSPS) is 18.1. The number of ether oxygens (including phenoxy) is 2. The molecule has 1 saturated heterocycles. The van der Waals surface area contributed by atoms with Crippen LogP contribution in [0.3, 0.4) is 0 Å². The second-order valence-corrected chi connectivity index (χ2v) is 7.53. The summed E-state index contributed by atoms with van der Waals surface area (Å²) >= 11 is 3.34. The first-order valence-electron chi connectivity index (χ1n) is 9.34. The van der Waals surface area contributed by atoms with Crippen molar-refractivity contribution in [3.8, 4) is 5.75 Å². The molecule has 1 unspecified atom stereocenters. The van der Waals surface area contributed by atoms with E-state index in [-0.39, 0.29) is 37.7 Å². The molecular formula is C22H22BrNO6. The first kappa shape index (κ1) is 22.0. The third-order valence-electron chi connectivity index (χ3n) is 4.78. The summed E-state index contributed by atoms with van der Waals surface area (Å²) in [5.41, 5.74) is 1.08. The van der Waals surface area contributed by atoms with Crippen molar-refractivity contribution in [1.29, 1.82) is 0 Å². The summed E-state index contributed by atoms with van der Waals surface area (Å²) in [5, 5.41) is 19.8. The molecule has 0 radical (unpaired) electrons. The van der Waals surface area contributed by atoms with E-state index in [1.807, 2.05) is 0 Å². The molecule has 1 heterocycles. The highest BCUT2D eigenvalue weighted by Crippen LogP contribution is 2.40. The van der Waals surface area contributed by atoms with Crippen molar-refractivity contribution in [2.45, 2.75) is 6.04 Å². The van der Waals surface area contributed by atoms with Crippen LogP contribution in [0.4, 0.5) is 0 Å². The number of ketones is 1. The van der Waals surface area contributed by atoms with Gasteiger partial charge >= 0.3 is 0 Å². The molecule has 1 aliphatic heterocycles. The van der Waals surface area contributed by atoms with Crippen LogP contribution in [0, 0.1) is 0 Å². The molecule has 1 amide bonds. The Bertz CT molecular complexity index is 956. The zero-order chi connectivity index (χ0) is 21.7. The van der Waals surface area contributed by atoms with Crippen LogP contribution in [-0.4, -0.2) is 60.3 Å². The average molecular weight is 476 g/mol. The summed E-state index contributed by atoms with van der Waals surface area (Å²) in [6, 6.07) is 13.1. The fourth-order valence-corrected chi connectivity index (χ4v) is 3.63. The molecule has 1 aliphatic rings. The Labute approximate surface area is 182 Å².